The van der Waals surface area contributed by atoms with Crippen LogP contribution in [0.25, 0.3) is 0 Å². The minimum atomic E-state index is -5.08. The van der Waals surface area contributed by atoms with Crippen molar-refractivity contribution in [2.24, 2.45) is 0 Å². The molecule has 0 aromatic carbocycles. The maximum absolute atomic E-state index is 10.6. The molecule has 7 nitrogen and oxygen atoms in total. The zero-order valence-corrected chi connectivity index (χ0v) is 9.71. The van der Waals surface area contributed by atoms with Crippen molar-refractivity contribution < 1.29 is 43.5 Å². The Bertz CT molecular complexity index is 288. The summed E-state index contributed by atoms with van der Waals surface area (Å²) in [7, 11) is 0. The zero-order valence-electron chi connectivity index (χ0n) is 9.71. The molecule has 10 heteroatoms. The molecule has 1 fully saturated rings. The SMILES string of the molecule is O=C(O)C(F)(F)F.OC[C@@H](O)[C@H]1NCC[C@H](O)[C@H]1O. The Labute approximate surface area is 106 Å². The number of rotatable bonds is 2. The van der Waals surface area contributed by atoms with Gasteiger partial charge in [-0.05, 0) is 13.0 Å². The smallest absolute Gasteiger partial charge is 0.475 e. The first-order valence-electron chi connectivity index (χ1n) is 5.29. The molecular formula is C9H16F3NO6. The Kier molecular flexibility index (Phi) is 7.23. The number of carbonyl (C=O) groups is 1. The fraction of sp³-hybridized carbons (Fsp3) is 0.889. The lowest BCUT2D eigenvalue weighted by Gasteiger charge is -2.35. The van der Waals surface area contributed by atoms with Gasteiger partial charge in [0.1, 0.15) is 0 Å². The highest BCUT2D eigenvalue weighted by Crippen LogP contribution is 2.13. The number of aliphatic carboxylic acids is 1. The predicted molar refractivity (Wildman–Crippen MR) is 55.2 cm³/mol. The molecule has 4 atom stereocenters. The summed E-state index contributed by atoms with van der Waals surface area (Å²) in [4.78, 5) is 8.90. The van der Waals surface area contributed by atoms with Crippen molar-refractivity contribution in [1.82, 2.24) is 5.32 Å². The van der Waals surface area contributed by atoms with Gasteiger partial charge in [0, 0.05) is 0 Å². The van der Waals surface area contributed by atoms with Crippen molar-refractivity contribution in [1.29, 1.82) is 0 Å². The average Bonchev–Trinajstić information content (AvgIpc) is 2.31. The van der Waals surface area contributed by atoms with Gasteiger partial charge in [-0.1, -0.05) is 0 Å². The molecule has 0 aromatic heterocycles. The molecule has 0 unspecified atom stereocenters. The highest BCUT2D eigenvalue weighted by molar-refractivity contribution is 5.73. The van der Waals surface area contributed by atoms with E-state index in [1.165, 1.54) is 0 Å². The van der Waals surface area contributed by atoms with Crippen LogP contribution in [0.2, 0.25) is 0 Å². The summed E-state index contributed by atoms with van der Waals surface area (Å²) in [6, 6.07) is -0.626. The van der Waals surface area contributed by atoms with Crippen LogP contribution in [-0.4, -0.2) is 75.2 Å². The van der Waals surface area contributed by atoms with Crippen molar-refractivity contribution >= 4 is 5.97 Å². The fourth-order valence-electron chi connectivity index (χ4n) is 1.41. The molecule has 6 N–H and O–H groups in total. The number of aliphatic hydroxyl groups excluding tert-OH is 4. The number of carboxylic acids is 1. The van der Waals surface area contributed by atoms with Gasteiger partial charge in [0.15, 0.2) is 0 Å². The number of hydrogen-bond acceptors (Lipinski definition) is 6. The Morgan fingerprint density at radius 2 is 1.84 bits per heavy atom. The van der Waals surface area contributed by atoms with Crippen LogP contribution in [0.4, 0.5) is 13.2 Å². The lowest BCUT2D eigenvalue weighted by atomic mass is 9.94. The van der Waals surface area contributed by atoms with Gasteiger partial charge in [-0.3, -0.25) is 0 Å². The minimum Gasteiger partial charge on any atom is -0.475 e. The van der Waals surface area contributed by atoms with E-state index < -0.39 is 43.1 Å². The van der Waals surface area contributed by atoms with E-state index >= 15 is 0 Å². The quantitative estimate of drug-likeness (QED) is 0.349. The Balaban J connectivity index is 0.000000399. The molecule has 0 spiro atoms. The monoisotopic (exact) mass is 291 g/mol. The Hall–Kier alpha value is -0.940. The van der Waals surface area contributed by atoms with Crippen molar-refractivity contribution in [3.8, 4) is 0 Å². The maximum Gasteiger partial charge on any atom is 0.490 e. The van der Waals surface area contributed by atoms with E-state index in [-0.39, 0.29) is 0 Å². The highest BCUT2D eigenvalue weighted by atomic mass is 19.4. The largest absolute Gasteiger partial charge is 0.490 e. The van der Waals surface area contributed by atoms with Crippen molar-refractivity contribution in [3.63, 3.8) is 0 Å². The van der Waals surface area contributed by atoms with E-state index in [2.05, 4.69) is 5.32 Å². The molecule has 0 bridgehead atoms. The zero-order chi connectivity index (χ0) is 15.2. The summed E-state index contributed by atoms with van der Waals surface area (Å²) in [5.74, 6) is -2.76. The summed E-state index contributed by atoms with van der Waals surface area (Å²) in [6.45, 7) is 0.126. The van der Waals surface area contributed by atoms with Gasteiger partial charge in [0.05, 0.1) is 31.0 Å². The van der Waals surface area contributed by atoms with Gasteiger partial charge < -0.3 is 30.8 Å². The molecule has 1 rings (SSSR count). The average molecular weight is 291 g/mol. The van der Waals surface area contributed by atoms with Gasteiger partial charge in [-0.25, -0.2) is 4.79 Å². The molecule has 1 saturated heterocycles. The molecule has 0 aliphatic carbocycles. The molecule has 1 aliphatic heterocycles. The Morgan fingerprint density at radius 1 is 1.37 bits per heavy atom. The van der Waals surface area contributed by atoms with Gasteiger partial charge >= 0.3 is 12.1 Å². The summed E-state index contributed by atoms with van der Waals surface area (Å²) >= 11 is 0. The highest BCUT2D eigenvalue weighted by Gasteiger charge is 2.38. The molecule has 0 amide bonds. The van der Waals surface area contributed by atoms with E-state index in [1.807, 2.05) is 0 Å². The van der Waals surface area contributed by atoms with Crippen LogP contribution in [0.3, 0.4) is 0 Å². The topological polar surface area (TPSA) is 130 Å². The molecule has 0 saturated carbocycles. The van der Waals surface area contributed by atoms with E-state index in [9.17, 15) is 28.5 Å². The first-order chi connectivity index (χ1) is 8.61. The van der Waals surface area contributed by atoms with Crippen molar-refractivity contribution in [2.75, 3.05) is 13.2 Å². The second-order valence-electron chi connectivity index (χ2n) is 3.88. The third-order valence-corrected chi connectivity index (χ3v) is 2.43. The number of halogens is 3. The molecule has 1 heterocycles. The van der Waals surface area contributed by atoms with Crippen molar-refractivity contribution in [3.05, 3.63) is 0 Å². The summed E-state index contributed by atoms with van der Waals surface area (Å²) < 4.78 is 31.7. The Morgan fingerprint density at radius 3 is 2.21 bits per heavy atom. The maximum atomic E-state index is 10.6. The minimum absolute atomic E-state index is 0.415. The number of hydrogen-bond donors (Lipinski definition) is 6. The predicted octanol–water partition coefficient (Wildman–Crippen LogP) is -1.94. The number of aliphatic hydroxyl groups is 4. The van der Waals surface area contributed by atoms with Crippen LogP contribution in [0.1, 0.15) is 6.42 Å². The van der Waals surface area contributed by atoms with E-state index in [0.717, 1.165) is 0 Å². The van der Waals surface area contributed by atoms with Crippen LogP contribution in [0.5, 0.6) is 0 Å². The molecular weight excluding hydrogens is 275 g/mol. The van der Waals surface area contributed by atoms with Crippen LogP contribution in [-0.2, 0) is 4.79 Å². The first-order valence-corrected chi connectivity index (χ1v) is 5.29. The summed E-state index contributed by atoms with van der Waals surface area (Å²) in [5.41, 5.74) is 0. The molecule has 114 valence electrons. The number of carboxylic acid groups (broad SMARTS) is 1. The molecule has 0 aromatic rings. The van der Waals surface area contributed by atoms with Gasteiger partial charge in [-0.2, -0.15) is 13.2 Å². The van der Waals surface area contributed by atoms with Gasteiger partial charge in [0.25, 0.3) is 0 Å². The standard InChI is InChI=1S/C7H15NO4.C2HF3O2/c9-3-5(11)6-7(12)4(10)1-2-8-6;3-2(4,5)1(6)7/h4-12H,1-3H2;(H,6,7)/t4-,5+,6+,7+;/m0./s1. The lowest BCUT2D eigenvalue weighted by molar-refractivity contribution is -0.192. The van der Waals surface area contributed by atoms with E-state index in [1.54, 1.807) is 0 Å². The summed E-state index contributed by atoms with van der Waals surface area (Å²) in [6.07, 6.45) is -7.44. The molecule has 19 heavy (non-hydrogen) atoms. The lowest BCUT2D eigenvalue weighted by Crippen LogP contribution is -2.58. The second kappa shape index (κ2) is 7.60. The van der Waals surface area contributed by atoms with E-state index in [4.69, 9.17) is 15.0 Å². The molecule has 0 radical (unpaired) electrons. The number of alkyl halides is 3. The first kappa shape index (κ1) is 18.1. The number of nitrogens with one attached hydrogen (secondary N) is 1. The van der Waals surface area contributed by atoms with Gasteiger partial charge in [0.2, 0.25) is 0 Å². The summed E-state index contributed by atoms with van der Waals surface area (Å²) in [5, 5.41) is 46.3. The van der Waals surface area contributed by atoms with Crippen LogP contribution >= 0.6 is 0 Å². The fourth-order valence-corrected chi connectivity index (χ4v) is 1.41. The third-order valence-electron chi connectivity index (χ3n) is 2.43. The van der Waals surface area contributed by atoms with Crippen LogP contribution < -0.4 is 5.32 Å². The van der Waals surface area contributed by atoms with Crippen molar-refractivity contribution in [2.45, 2.75) is 37.0 Å². The normalized spacial score (nSPS) is 29.1. The third kappa shape index (κ3) is 6.16. The molecule has 1 aliphatic rings. The van der Waals surface area contributed by atoms with E-state index in [0.29, 0.717) is 13.0 Å². The van der Waals surface area contributed by atoms with Gasteiger partial charge in [-0.15, -0.1) is 0 Å². The van der Waals surface area contributed by atoms with Crippen LogP contribution in [0.15, 0.2) is 0 Å². The number of piperidine rings is 1. The van der Waals surface area contributed by atoms with Crippen LogP contribution in [0, 0.1) is 0 Å². The second-order valence-corrected chi connectivity index (χ2v) is 3.88.